The molecule has 7 nitrogen and oxygen atoms in total. The zero-order valence-electron chi connectivity index (χ0n) is 14.7. The number of rotatable bonds is 6. The van der Waals surface area contributed by atoms with Crippen LogP contribution < -0.4 is 20.1 Å². The molecule has 0 atom stereocenters. The van der Waals surface area contributed by atoms with Gasteiger partial charge >= 0.3 is 0 Å². The van der Waals surface area contributed by atoms with Crippen LogP contribution in [0.25, 0.3) is 0 Å². The molecule has 27 heavy (non-hydrogen) atoms. The molecule has 0 aliphatic carbocycles. The molecule has 1 heterocycles. The fourth-order valence-corrected chi connectivity index (χ4v) is 2.47. The molecular weight excluding hydrogens is 368 g/mol. The van der Waals surface area contributed by atoms with Crippen molar-refractivity contribution in [1.29, 1.82) is 0 Å². The van der Waals surface area contributed by atoms with Gasteiger partial charge in [0.05, 0.1) is 36.2 Å². The highest BCUT2D eigenvalue weighted by atomic mass is 35.5. The second kappa shape index (κ2) is 8.37. The first-order chi connectivity index (χ1) is 13.1. The van der Waals surface area contributed by atoms with Gasteiger partial charge in [0.15, 0.2) is 0 Å². The number of anilines is 3. The van der Waals surface area contributed by atoms with Crippen molar-refractivity contribution in [1.82, 2.24) is 9.97 Å². The Morgan fingerprint density at radius 3 is 2.41 bits per heavy atom. The first-order valence-corrected chi connectivity index (χ1v) is 8.35. The summed E-state index contributed by atoms with van der Waals surface area (Å²) in [7, 11) is 3.07. The summed E-state index contributed by atoms with van der Waals surface area (Å²) in [5.41, 5.74) is 1.50. The third-order valence-corrected chi connectivity index (χ3v) is 4.02. The predicted molar refractivity (Wildman–Crippen MR) is 104 cm³/mol. The molecule has 0 unspecified atom stereocenters. The maximum absolute atomic E-state index is 12.4. The third-order valence-electron chi connectivity index (χ3n) is 3.69. The van der Waals surface area contributed by atoms with E-state index in [4.69, 9.17) is 21.1 Å². The third kappa shape index (κ3) is 4.45. The molecule has 1 amide bonds. The zero-order chi connectivity index (χ0) is 19.2. The van der Waals surface area contributed by atoms with Crippen LogP contribution in [0.2, 0.25) is 5.02 Å². The highest BCUT2D eigenvalue weighted by Crippen LogP contribution is 2.29. The van der Waals surface area contributed by atoms with Crippen LogP contribution in [0.5, 0.6) is 11.5 Å². The topological polar surface area (TPSA) is 85.4 Å². The van der Waals surface area contributed by atoms with Crippen molar-refractivity contribution in [3.05, 3.63) is 65.4 Å². The number of methoxy groups -OCH3 is 2. The molecule has 2 N–H and O–H groups in total. The molecule has 138 valence electrons. The summed E-state index contributed by atoms with van der Waals surface area (Å²) >= 11 is 6.09. The number of hydrogen-bond donors (Lipinski definition) is 2. The Morgan fingerprint density at radius 2 is 1.74 bits per heavy atom. The summed E-state index contributed by atoms with van der Waals surface area (Å²) in [5.74, 6) is 1.09. The number of benzene rings is 2. The Bertz CT molecular complexity index is 948. The van der Waals surface area contributed by atoms with Crippen molar-refractivity contribution in [2.45, 2.75) is 0 Å². The van der Waals surface area contributed by atoms with Crippen LogP contribution in [0.3, 0.4) is 0 Å². The summed E-state index contributed by atoms with van der Waals surface area (Å²) in [6.45, 7) is 0. The zero-order valence-corrected chi connectivity index (χ0v) is 15.4. The average Bonchev–Trinajstić information content (AvgIpc) is 2.70. The molecule has 1 aromatic heterocycles. The van der Waals surface area contributed by atoms with E-state index in [0.29, 0.717) is 39.4 Å². The van der Waals surface area contributed by atoms with Crippen molar-refractivity contribution in [3.8, 4) is 11.5 Å². The fourth-order valence-electron chi connectivity index (χ4n) is 2.29. The maximum Gasteiger partial charge on any atom is 0.258 e. The first-order valence-electron chi connectivity index (χ1n) is 7.97. The molecule has 0 aliphatic rings. The lowest BCUT2D eigenvalue weighted by Gasteiger charge is -2.11. The molecule has 0 fully saturated rings. The van der Waals surface area contributed by atoms with Crippen LogP contribution in [0.15, 0.2) is 54.9 Å². The molecule has 0 spiro atoms. The van der Waals surface area contributed by atoms with Gasteiger partial charge in [-0.25, -0.2) is 9.97 Å². The van der Waals surface area contributed by atoms with Crippen molar-refractivity contribution in [2.75, 3.05) is 24.9 Å². The number of halogens is 1. The van der Waals surface area contributed by atoms with E-state index in [2.05, 4.69) is 20.6 Å². The average molecular weight is 385 g/mol. The van der Waals surface area contributed by atoms with Gasteiger partial charge in [0, 0.05) is 18.5 Å². The standard InChI is InChI=1S/C19H17ClN4O3/c1-26-13-7-8-16(17(9-13)27-2)23-18(25)12-10-21-19(22-11-12)24-15-6-4-3-5-14(15)20/h3-11H,1-2H3,(H,23,25)(H,21,22,24). The van der Waals surface area contributed by atoms with E-state index in [1.807, 2.05) is 18.2 Å². The second-order valence-corrected chi connectivity index (χ2v) is 5.83. The number of ether oxygens (including phenoxy) is 2. The minimum Gasteiger partial charge on any atom is -0.497 e. The normalized spacial score (nSPS) is 10.2. The van der Waals surface area contributed by atoms with E-state index in [1.165, 1.54) is 19.5 Å². The van der Waals surface area contributed by atoms with Crippen LogP contribution in [0.4, 0.5) is 17.3 Å². The Morgan fingerprint density at radius 1 is 1.00 bits per heavy atom. The van der Waals surface area contributed by atoms with Crippen LogP contribution in [0.1, 0.15) is 10.4 Å². The minimum atomic E-state index is -0.359. The second-order valence-electron chi connectivity index (χ2n) is 5.42. The van der Waals surface area contributed by atoms with Gasteiger partial charge < -0.3 is 20.1 Å². The Hall–Kier alpha value is -3.32. The lowest BCUT2D eigenvalue weighted by Crippen LogP contribution is -2.13. The molecule has 0 saturated carbocycles. The SMILES string of the molecule is COc1ccc(NC(=O)c2cnc(Nc3ccccc3Cl)nc2)c(OC)c1. The van der Waals surface area contributed by atoms with E-state index in [0.717, 1.165) is 0 Å². The molecule has 2 aromatic carbocycles. The number of carbonyl (C=O) groups is 1. The number of hydrogen-bond acceptors (Lipinski definition) is 6. The van der Waals surface area contributed by atoms with Gasteiger partial charge in [-0.1, -0.05) is 23.7 Å². The van der Waals surface area contributed by atoms with Crippen LogP contribution in [-0.4, -0.2) is 30.1 Å². The molecule has 0 radical (unpaired) electrons. The number of nitrogens with zero attached hydrogens (tertiary/aromatic N) is 2. The first kappa shape index (κ1) is 18.5. The van der Waals surface area contributed by atoms with E-state index in [-0.39, 0.29) is 5.91 Å². The van der Waals surface area contributed by atoms with Crippen molar-refractivity contribution in [2.24, 2.45) is 0 Å². The van der Waals surface area contributed by atoms with Crippen molar-refractivity contribution in [3.63, 3.8) is 0 Å². The van der Waals surface area contributed by atoms with E-state index in [1.54, 1.807) is 31.4 Å². The van der Waals surface area contributed by atoms with Gasteiger partial charge in [0.1, 0.15) is 11.5 Å². The number of nitrogens with one attached hydrogen (secondary N) is 2. The Kier molecular flexibility index (Phi) is 5.73. The quantitative estimate of drug-likeness (QED) is 0.664. The highest BCUT2D eigenvalue weighted by molar-refractivity contribution is 6.33. The van der Waals surface area contributed by atoms with E-state index < -0.39 is 0 Å². The van der Waals surface area contributed by atoms with Gasteiger partial charge in [0.2, 0.25) is 5.95 Å². The summed E-state index contributed by atoms with van der Waals surface area (Å²) in [6, 6.07) is 12.3. The molecule has 3 aromatic rings. The largest absolute Gasteiger partial charge is 0.497 e. The summed E-state index contributed by atoms with van der Waals surface area (Å²) in [4.78, 5) is 20.8. The summed E-state index contributed by atoms with van der Waals surface area (Å²) in [5, 5.41) is 6.32. The lowest BCUT2D eigenvalue weighted by molar-refractivity contribution is 0.102. The Balaban J connectivity index is 1.72. The smallest absolute Gasteiger partial charge is 0.258 e. The summed E-state index contributed by atoms with van der Waals surface area (Å²) < 4.78 is 10.4. The molecule has 0 bridgehead atoms. The lowest BCUT2D eigenvalue weighted by atomic mass is 10.2. The van der Waals surface area contributed by atoms with Gasteiger partial charge in [-0.3, -0.25) is 4.79 Å². The molecule has 0 saturated heterocycles. The molecule has 8 heteroatoms. The fraction of sp³-hybridized carbons (Fsp3) is 0.105. The van der Waals surface area contributed by atoms with Crippen LogP contribution in [0, 0.1) is 0 Å². The van der Waals surface area contributed by atoms with Crippen molar-refractivity contribution < 1.29 is 14.3 Å². The number of carbonyl (C=O) groups excluding carboxylic acids is 1. The molecule has 3 rings (SSSR count). The number of amides is 1. The highest BCUT2D eigenvalue weighted by Gasteiger charge is 2.12. The molecular formula is C19H17ClN4O3. The van der Waals surface area contributed by atoms with E-state index in [9.17, 15) is 4.79 Å². The van der Waals surface area contributed by atoms with Crippen molar-refractivity contribution >= 4 is 34.8 Å². The van der Waals surface area contributed by atoms with Gasteiger partial charge in [0.25, 0.3) is 5.91 Å². The Labute approximate surface area is 161 Å². The van der Waals surface area contributed by atoms with Gasteiger partial charge in [-0.2, -0.15) is 0 Å². The molecule has 0 aliphatic heterocycles. The number of para-hydroxylation sites is 1. The van der Waals surface area contributed by atoms with Gasteiger partial charge in [-0.15, -0.1) is 0 Å². The van der Waals surface area contributed by atoms with Crippen LogP contribution in [-0.2, 0) is 0 Å². The number of aromatic nitrogens is 2. The minimum absolute atomic E-state index is 0.303. The monoisotopic (exact) mass is 384 g/mol. The van der Waals surface area contributed by atoms with Crippen LogP contribution >= 0.6 is 11.6 Å². The van der Waals surface area contributed by atoms with Gasteiger partial charge in [-0.05, 0) is 24.3 Å². The summed E-state index contributed by atoms with van der Waals surface area (Å²) in [6.07, 6.45) is 2.86. The predicted octanol–water partition coefficient (Wildman–Crippen LogP) is 4.14. The maximum atomic E-state index is 12.4. The van der Waals surface area contributed by atoms with E-state index >= 15 is 0 Å².